The number of amides is 1. The molecule has 0 aromatic rings. The van der Waals surface area contributed by atoms with Gasteiger partial charge in [-0.25, -0.2) is 0 Å². The van der Waals surface area contributed by atoms with E-state index in [1.807, 2.05) is 6.92 Å². The van der Waals surface area contributed by atoms with Gasteiger partial charge in [-0.1, -0.05) is 6.92 Å². The smallest absolute Gasteiger partial charge is 0.292 e. The molecule has 1 aliphatic heterocycles. The summed E-state index contributed by atoms with van der Waals surface area (Å²) in [7, 11) is 1.74. The number of rotatable bonds is 3. The summed E-state index contributed by atoms with van der Waals surface area (Å²) >= 11 is 0. The van der Waals surface area contributed by atoms with Crippen molar-refractivity contribution in [1.29, 1.82) is 0 Å². The molecular formula is C8H13NO3. The van der Waals surface area contributed by atoms with Gasteiger partial charge in [-0.2, -0.15) is 4.89 Å². The SMILES string of the molecule is CCCN(C)C(=O)C1=CCOO1. The largest absolute Gasteiger partial charge is 0.339 e. The average Bonchev–Trinajstić information content (AvgIpc) is 2.55. The van der Waals surface area contributed by atoms with Gasteiger partial charge >= 0.3 is 0 Å². The van der Waals surface area contributed by atoms with Crippen LogP contribution in [-0.4, -0.2) is 31.0 Å². The predicted octanol–water partition coefficient (Wildman–Crippen LogP) is 0.700. The van der Waals surface area contributed by atoms with Crippen molar-refractivity contribution in [3.05, 3.63) is 11.8 Å². The highest BCUT2D eigenvalue weighted by Crippen LogP contribution is 2.09. The minimum absolute atomic E-state index is 0.116. The summed E-state index contributed by atoms with van der Waals surface area (Å²) in [6.45, 7) is 3.12. The molecule has 68 valence electrons. The van der Waals surface area contributed by atoms with E-state index < -0.39 is 0 Å². The van der Waals surface area contributed by atoms with Crippen LogP contribution in [0.3, 0.4) is 0 Å². The first-order valence-electron chi connectivity index (χ1n) is 4.00. The molecule has 0 unspecified atom stereocenters. The minimum Gasteiger partial charge on any atom is -0.339 e. The summed E-state index contributed by atoms with van der Waals surface area (Å²) in [5.74, 6) is 0.181. The summed E-state index contributed by atoms with van der Waals surface area (Å²) < 4.78 is 0. The van der Waals surface area contributed by atoms with Crippen molar-refractivity contribution >= 4 is 5.91 Å². The van der Waals surface area contributed by atoms with Crippen molar-refractivity contribution in [1.82, 2.24) is 4.90 Å². The fourth-order valence-electron chi connectivity index (χ4n) is 0.989. The summed E-state index contributed by atoms with van der Waals surface area (Å²) in [5.41, 5.74) is 0. The number of carbonyl (C=O) groups excluding carboxylic acids is 1. The van der Waals surface area contributed by atoms with E-state index in [0.29, 0.717) is 12.4 Å². The van der Waals surface area contributed by atoms with Gasteiger partial charge in [-0.15, -0.1) is 0 Å². The summed E-state index contributed by atoms with van der Waals surface area (Å²) in [6.07, 6.45) is 2.57. The Morgan fingerprint density at radius 3 is 3.00 bits per heavy atom. The van der Waals surface area contributed by atoms with Crippen LogP contribution in [0.25, 0.3) is 0 Å². The van der Waals surface area contributed by atoms with Crippen LogP contribution < -0.4 is 0 Å². The molecule has 0 saturated heterocycles. The highest BCUT2D eigenvalue weighted by Gasteiger charge is 2.19. The number of hydrogen-bond acceptors (Lipinski definition) is 3. The first-order valence-corrected chi connectivity index (χ1v) is 4.00. The van der Waals surface area contributed by atoms with E-state index in [0.717, 1.165) is 13.0 Å². The van der Waals surface area contributed by atoms with Gasteiger partial charge in [0.2, 0.25) is 5.76 Å². The molecule has 0 aliphatic carbocycles. The molecule has 1 amide bonds. The monoisotopic (exact) mass is 171 g/mol. The lowest BCUT2D eigenvalue weighted by Gasteiger charge is -2.14. The lowest BCUT2D eigenvalue weighted by molar-refractivity contribution is -0.235. The molecule has 0 fully saturated rings. The van der Waals surface area contributed by atoms with E-state index in [1.54, 1.807) is 18.0 Å². The molecule has 0 N–H and O–H groups in total. The van der Waals surface area contributed by atoms with Gasteiger partial charge in [0.25, 0.3) is 5.91 Å². The van der Waals surface area contributed by atoms with Crippen molar-refractivity contribution in [3.8, 4) is 0 Å². The fraction of sp³-hybridized carbons (Fsp3) is 0.625. The Labute approximate surface area is 71.7 Å². The molecule has 1 rings (SSSR count). The third-order valence-corrected chi connectivity index (χ3v) is 1.60. The Morgan fingerprint density at radius 2 is 2.50 bits per heavy atom. The van der Waals surface area contributed by atoms with E-state index in [1.165, 1.54) is 0 Å². The van der Waals surface area contributed by atoms with Crippen LogP contribution in [-0.2, 0) is 14.6 Å². The molecular weight excluding hydrogens is 158 g/mol. The summed E-state index contributed by atoms with van der Waals surface area (Å²) in [4.78, 5) is 22.2. The standard InChI is InChI=1S/C8H13NO3/c1-3-5-9(2)8(10)7-4-6-11-12-7/h4H,3,5-6H2,1-2H3. The lowest BCUT2D eigenvalue weighted by Crippen LogP contribution is -2.28. The Bertz CT molecular complexity index is 200. The van der Waals surface area contributed by atoms with Gasteiger partial charge in [0.05, 0.1) is 0 Å². The Morgan fingerprint density at radius 1 is 1.75 bits per heavy atom. The van der Waals surface area contributed by atoms with E-state index in [4.69, 9.17) is 0 Å². The van der Waals surface area contributed by atoms with Gasteiger partial charge in [0.15, 0.2) is 0 Å². The van der Waals surface area contributed by atoms with Crippen molar-refractivity contribution in [2.24, 2.45) is 0 Å². The van der Waals surface area contributed by atoms with Gasteiger partial charge in [-0.05, 0) is 12.5 Å². The zero-order valence-electron chi connectivity index (χ0n) is 7.37. The summed E-state index contributed by atoms with van der Waals surface area (Å²) in [5, 5.41) is 0. The van der Waals surface area contributed by atoms with E-state index in [-0.39, 0.29) is 5.91 Å². The predicted molar refractivity (Wildman–Crippen MR) is 43.0 cm³/mol. The molecule has 0 bridgehead atoms. The molecule has 12 heavy (non-hydrogen) atoms. The first kappa shape index (κ1) is 9.06. The van der Waals surface area contributed by atoms with Gasteiger partial charge in [-0.3, -0.25) is 4.79 Å². The maximum Gasteiger partial charge on any atom is 0.292 e. The molecule has 1 heterocycles. The minimum atomic E-state index is -0.116. The molecule has 1 aliphatic rings. The highest BCUT2D eigenvalue weighted by atomic mass is 17.2. The lowest BCUT2D eigenvalue weighted by atomic mass is 10.3. The second kappa shape index (κ2) is 4.11. The zero-order valence-corrected chi connectivity index (χ0v) is 7.37. The maximum absolute atomic E-state index is 11.4. The number of likely N-dealkylation sites (N-methyl/N-ethyl adjacent to an activating group) is 1. The number of nitrogens with zero attached hydrogens (tertiary/aromatic N) is 1. The Balaban J connectivity index is 2.45. The maximum atomic E-state index is 11.4. The van der Waals surface area contributed by atoms with Crippen LogP contribution in [0.5, 0.6) is 0 Å². The molecule has 0 radical (unpaired) electrons. The van der Waals surface area contributed by atoms with Crippen LogP contribution >= 0.6 is 0 Å². The van der Waals surface area contributed by atoms with E-state index in [2.05, 4.69) is 9.78 Å². The summed E-state index contributed by atoms with van der Waals surface area (Å²) in [6, 6.07) is 0. The highest BCUT2D eigenvalue weighted by molar-refractivity contribution is 5.91. The van der Waals surface area contributed by atoms with Crippen molar-refractivity contribution in [2.75, 3.05) is 20.2 Å². The molecule has 0 atom stereocenters. The van der Waals surface area contributed by atoms with Gasteiger partial charge in [0.1, 0.15) is 6.61 Å². The quantitative estimate of drug-likeness (QED) is 0.587. The van der Waals surface area contributed by atoms with Gasteiger partial charge < -0.3 is 9.79 Å². The third-order valence-electron chi connectivity index (χ3n) is 1.60. The number of carbonyl (C=O) groups is 1. The second-order valence-electron chi connectivity index (χ2n) is 2.66. The van der Waals surface area contributed by atoms with Crippen LogP contribution in [0.4, 0.5) is 0 Å². The average molecular weight is 171 g/mol. The fourth-order valence-corrected chi connectivity index (χ4v) is 0.989. The van der Waals surface area contributed by atoms with Crippen LogP contribution in [0, 0.1) is 0 Å². The third kappa shape index (κ3) is 1.98. The van der Waals surface area contributed by atoms with Crippen molar-refractivity contribution in [2.45, 2.75) is 13.3 Å². The molecule has 0 saturated carbocycles. The normalized spacial score (nSPS) is 15.3. The first-order chi connectivity index (χ1) is 5.75. The zero-order chi connectivity index (χ0) is 8.97. The van der Waals surface area contributed by atoms with Crippen LogP contribution in [0.2, 0.25) is 0 Å². The van der Waals surface area contributed by atoms with Crippen molar-refractivity contribution in [3.63, 3.8) is 0 Å². The molecule has 4 nitrogen and oxygen atoms in total. The van der Waals surface area contributed by atoms with Crippen LogP contribution in [0.15, 0.2) is 11.8 Å². The molecule has 4 heteroatoms. The van der Waals surface area contributed by atoms with Crippen molar-refractivity contribution < 1.29 is 14.6 Å². The number of hydrogen-bond donors (Lipinski definition) is 0. The molecule has 0 aromatic heterocycles. The molecule has 0 spiro atoms. The Hall–Kier alpha value is -1.03. The van der Waals surface area contributed by atoms with Gasteiger partial charge in [0, 0.05) is 13.6 Å². The Kier molecular flexibility index (Phi) is 3.10. The topological polar surface area (TPSA) is 38.8 Å². The van der Waals surface area contributed by atoms with E-state index in [9.17, 15) is 4.79 Å². The van der Waals surface area contributed by atoms with E-state index >= 15 is 0 Å². The van der Waals surface area contributed by atoms with Crippen LogP contribution in [0.1, 0.15) is 13.3 Å². The second-order valence-corrected chi connectivity index (χ2v) is 2.66. The molecule has 0 aromatic carbocycles.